The topological polar surface area (TPSA) is 37.8 Å². The summed E-state index contributed by atoms with van der Waals surface area (Å²) >= 11 is 1.79. The Balaban J connectivity index is 1.69. The maximum atomic E-state index is 4.74. The zero-order valence-electron chi connectivity index (χ0n) is 10.3. The molecule has 2 aromatic heterocycles. The summed E-state index contributed by atoms with van der Waals surface area (Å²) in [4.78, 5) is 8.78. The van der Waals surface area contributed by atoms with Crippen molar-refractivity contribution in [3.8, 4) is 11.3 Å². The summed E-state index contributed by atoms with van der Waals surface area (Å²) < 4.78 is 0. The molecule has 3 rings (SSSR count). The van der Waals surface area contributed by atoms with Crippen LogP contribution in [0.2, 0.25) is 0 Å². The SMILES string of the molecule is c1cc(-c2csc(CC3CCNCC3)n2)ccn1. The van der Waals surface area contributed by atoms with Crippen LogP contribution < -0.4 is 5.32 Å². The molecule has 0 amide bonds. The zero-order valence-corrected chi connectivity index (χ0v) is 11.1. The molecular formula is C14H17N3S. The normalized spacial score (nSPS) is 16.9. The van der Waals surface area contributed by atoms with E-state index in [9.17, 15) is 0 Å². The number of thiazole rings is 1. The number of rotatable bonds is 3. The zero-order chi connectivity index (χ0) is 12.2. The molecule has 4 heteroatoms. The molecule has 0 saturated carbocycles. The lowest BCUT2D eigenvalue weighted by atomic mass is 9.95. The highest BCUT2D eigenvalue weighted by molar-refractivity contribution is 7.09. The van der Waals surface area contributed by atoms with Crippen molar-refractivity contribution >= 4 is 11.3 Å². The highest BCUT2D eigenvalue weighted by atomic mass is 32.1. The van der Waals surface area contributed by atoms with Gasteiger partial charge in [0.1, 0.15) is 0 Å². The van der Waals surface area contributed by atoms with E-state index in [-0.39, 0.29) is 0 Å². The van der Waals surface area contributed by atoms with Gasteiger partial charge in [-0.1, -0.05) is 0 Å². The lowest BCUT2D eigenvalue weighted by Gasteiger charge is -2.21. The van der Waals surface area contributed by atoms with Crippen LogP contribution in [-0.4, -0.2) is 23.1 Å². The van der Waals surface area contributed by atoms with E-state index >= 15 is 0 Å². The minimum absolute atomic E-state index is 0.808. The van der Waals surface area contributed by atoms with E-state index in [1.165, 1.54) is 17.8 Å². The Labute approximate surface area is 111 Å². The number of aromatic nitrogens is 2. The van der Waals surface area contributed by atoms with E-state index in [0.717, 1.165) is 36.7 Å². The minimum Gasteiger partial charge on any atom is -0.317 e. The summed E-state index contributed by atoms with van der Waals surface area (Å²) in [6.07, 6.45) is 7.34. The first-order chi connectivity index (χ1) is 8.92. The fourth-order valence-electron chi connectivity index (χ4n) is 2.39. The second kappa shape index (κ2) is 5.59. The second-order valence-corrected chi connectivity index (χ2v) is 5.70. The molecular weight excluding hydrogens is 242 g/mol. The van der Waals surface area contributed by atoms with E-state index in [0.29, 0.717) is 0 Å². The van der Waals surface area contributed by atoms with Crippen molar-refractivity contribution in [3.63, 3.8) is 0 Å². The Morgan fingerprint density at radius 2 is 2.00 bits per heavy atom. The standard InChI is InChI=1S/C14H17N3S/c1-5-15-6-2-11(1)9-14-17-13(10-18-14)12-3-7-16-8-4-12/h3-4,7-8,10-11,15H,1-2,5-6,9H2. The van der Waals surface area contributed by atoms with Crippen LogP contribution in [-0.2, 0) is 6.42 Å². The van der Waals surface area contributed by atoms with Gasteiger partial charge < -0.3 is 5.32 Å². The third-order valence-electron chi connectivity index (χ3n) is 3.45. The fourth-order valence-corrected chi connectivity index (χ4v) is 3.31. The summed E-state index contributed by atoms with van der Waals surface area (Å²) in [5.74, 6) is 0.808. The predicted molar refractivity (Wildman–Crippen MR) is 74.6 cm³/mol. The fraction of sp³-hybridized carbons (Fsp3) is 0.429. The van der Waals surface area contributed by atoms with Gasteiger partial charge in [0.25, 0.3) is 0 Å². The van der Waals surface area contributed by atoms with E-state index in [1.54, 1.807) is 11.3 Å². The Morgan fingerprint density at radius 1 is 1.22 bits per heavy atom. The molecule has 0 unspecified atom stereocenters. The van der Waals surface area contributed by atoms with Gasteiger partial charge in [-0.25, -0.2) is 4.98 Å². The van der Waals surface area contributed by atoms with Crippen molar-refractivity contribution in [3.05, 3.63) is 34.9 Å². The summed E-state index contributed by atoms with van der Waals surface area (Å²) in [7, 11) is 0. The van der Waals surface area contributed by atoms with E-state index < -0.39 is 0 Å². The second-order valence-electron chi connectivity index (χ2n) is 4.76. The molecule has 1 fully saturated rings. The summed E-state index contributed by atoms with van der Waals surface area (Å²) in [6, 6.07) is 4.03. The highest BCUT2D eigenvalue weighted by Crippen LogP contribution is 2.25. The molecule has 3 nitrogen and oxygen atoms in total. The van der Waals surface area contributed by atoms with Gasteiger partial charge in [0.2, 0.25) is 0 Å². The van der Waals surface area contributed by atoms with E-state index in [4.69, 9.17) is 4.98 Å². The van der Waals surface area contributed by atoms with Gasteiger partial charge in [0.15, 0.2) is 0 Å². The molecule has 1 N–H and O–H groups in total. The Hall–Kier alpha value is -1.26. The number of nitrogens with zero attached hydrogens (tertiary/aromatic N) is 2. The summed E-state index contributed by atoms with van der Waals surface area (Å²) in [5.41, 5.74) is 2.25. The van der Waals surface area contributed by atoms with Gasteiger partial charge in [0.05, 0.1) is 10.7 Å². The quantitative estimate of drug-likeness (QED) is 0.921. The van der Waals surface area contributed by atoms with Crippen molar-refractivity contribution in [1.29, 1.82) is 0 Å². The highest BCUT2D eigenvalue weighted by Gasteiger charge is 2.15. The van der Waals surface area contributed by atoms with Crippen LogP contribution in [0.1, 0.15) is 17.8 Å². The van der Waals surface area contributed by atoms with Crippen LogP contribution in [0.25, 0.3) is 11.3 Å². The first kappa shape index (κ1) is 11.8. The average Bonchev–Trinajstić information content (AvgIpc) is 2.89. The van der Waals surface area contributed by atoms with Gasteiger partial charge in [0, 0.05) is 29.8 Å². The van der Waals surface area contributed by atoms with Crippen molar-refractivity contribution in [2.45, 2.75) is 19.3 Å². The smallest absolute Gasteiger partial charge is 0.0935 e. The van der Waals surface area contributed by atoms with Gasteiger partial charge in [-0.05, 0) is 44.0 Å². The molecule has 1 aliphatic heterocycles. The van der Waals surface area contributed by atoms with Gasteiger partial charge in [-0.2, -0.15) is 0 Å². The predicted octanol–water partition coefficient (Wildman–Crippen LogP) is 2.75. The van der Waals surface area contributed by atoms with Crippen molar-refractivity contribution in [2.24, 2.45) is 5.92 Å². The number of pyridine rings is 1. The van der Waals surface area contributed by atoms with Crippen molar-refractivity contribution in [2.75, 3.05) is 13.1 Å². The van der Waals surface area contributed by atoms with Crippen molar-refractivity contribution < 1.29 is 0 Å². The molecule has 0 radical (unpaired) electrons. The lowest BCUT2D eigenvalue weighted by Crippen LogP contribution is -2.28. The third kappa shape index (κ3) is 2.76. The molecule has 0 bridgehead atoms. The number of nitrogens with one attached hydrogen (secondary N) is 1. The summed E-state index contributed by atoms with van der Waals surface area (Å²) in [6.45, 7) is 2.32. The molecule has 0 spiro atoms. The molecule has 0 aliphatic carbocycles. The van der Waals surface area contributed by atoms with Crippen LogP contribution in [0.15, 0.2) is 29.9 Å². The van der Waals surface area contributed by atoms with E-state index in [1.807, 2.05) is 24.5 Å². The number of piperidine rings is 1. The van der Waals surface area contributed by atoms with Gasteiger partial charge >= 0.3 is 0 Å². The van der Waals surface area contributed by atoms with Crippen LogP contribution in [0.5, 0.6) is 0 Å². The van der Waals surface area contributed by atoms with Crippen LogP contribution >= 0.6 is 11.3 Å². The Bertz CT molecular complexity index is 489. The molecule has 0 atom stereocenters. The first-order valence-corrected chi connectivity index (χ1v) is 7.35. The van der Waals surface area contributed by atoms with Crippen LogP contribution in [0.4, 0.5) is 0 Å². The maximum Gasteiger partial charge on any atom is 0.0935 e. The molecule has 94 valence electrons. The van der Waals surface area contributed by atoms with Gasteiger partial charge in [-0.3, -0.25) is 4.98 Å². The molecule has 1 aliphatic rings. The average molecular weight is 259 g/mol. The molecule has 3 heterocycles. The van der Waals surface area contributed by atoms with Gasteiger partial charge in [-0.15, -0.1) is 11.3 Å². The number of hydrogen-bond acceptors (Lipinski definition) is 4. The van der Waals surface area contributed by atoms with Crippen molar-refractivity contribution in [1.82, 2.24) is 15.3 Å². The monoisotopic (exact) mass is 259 g/mol. The number of hydrogen-bond donors (Lipinski definition) is 1. The Kier molecular flexibility index (Phi) is 3.67. The first-order valence-electron chi connectivity index (χ1n) is 6.47. The largest absolute Gasteiger partial charge is 0.317 e. The van der Waals surface area contributed by atoms with E-state index in [2.05, 4.69) is 15.7 Å². The maximum absolute atomic E-state index is 4.74. The Morgan fingerprint density at radius 3 is 2.78 bits per heavy atom. The van der Waals surface area contributed by atoms with Crippen LogP contribution in [0.3, 0.4) is 0 Å². The third-order valence-corrected chi connectivity index (χ3v) is 4.32. The molecule has 0 aromatic carbocycles. The molecule has 18 heavy (non-hydrogen) atoms. The lowest BCUT2D eigenvalue weighted by molar-refractivity contribution is 0.372. The minimum atomic E-state index is 0.808. The van der Waals surface area contributed by atoms with Crippen LogP contribution in [0, 0.1) is 5.92 Å². The molecule has 2 aromatic rings. The summed E-state index contributed by atoms with van der Waals surface area (Å²) in [5, 5.41) is 6.84. The molecule has 1 saturated heterocycles.